The number of fused-ring (bicyclic) bond motifs is 5. The van der Waals surface area contributed by atoms with Gasteiger partial charge in [0.2, 0.25) is 0 Å². The van der Waals surface area contributed by atoms with Gasteiger partial charge in [0.25, 0.3) is 29.5 Å². The Kier molecular flexibility index (Phi) is 30.3. The van der Waals surface area contributed by atoms with Crippen molar-refractivity contribution in [3.8, 4) is 79.9 Å². The maximum absolute atomic E-state index is 14.6. The Morgan fingerprint density at radius 1 is 0.311 bits per heavy atom. The Bertz CT molecular complexity index is 7000. The van der Waals surface area contributed by atoms with Crippen LogP contribution in [0.2, 0.25) is 5.02 Å². The van der Waals surface area contributed by atoms with Crippen molar-refractivity contribution < 1.29 is 104 Å². The van der Waals surface area contributed by atoms with Crippen molar-refractivity contribution in [2.24, 2.45) is 0 Å². The quantitative estimate of drug-likeness (QED) is 0.0631. The third kappa shape index (κ3) is 24.3. The van der Waals surface area contributed by atoms with Gasteiger partial charge in [-0.05, 0) is 211 Å². The molecule has 5 aromatic carbocycles. The summed E-state index contributed by atoms with van der Waals surface area (Å²) in [6.07, 6.45) is -8.86. The van der Waals surface area contributed by atoms with Gasteiger partial charge in [-0.1, -0.05) is 41.9 Å². The Labute approximate surface area is 836 Å². The summed E-state index contributed by atoms with van der Waals surface area (Å²) in [6.45, 7) is 19.2. The number of rotatable bonds is 14. The Hall–Kier alpha value is -16.6. The van der Waals surface area contributed by atoms with Crippen LogP contribution in [0.25, 0.3) is 56.9 Å². The maximum atomic E-state index is 14.6. The van der Waals surface area contributed by atoms with E-state index >= 15 is 0 Å². The highest BCUT2D eigenvalue weighted by molar-refractivity contribution is 6.34. The molecule has 0 saturated heterocycles. The van der Waals surface area contributed by atoms with Gasteiger partial charge in [-0.25, -0.2) is 58.6 Å². The molecule has 5 amide bonds. The second-order valence-electron chi connectivity index (χ2n) is 35.0. The number of aromatic nitrogens is 20. The number of aromatic amines is 5. The minimum Gasteiger partial charge on any atom is -0.406 e. The van der Waals surface area contributed by atoms with Crippen molar-refractivity contribution in [2.75, 3.05) is 0 Å². The standard InChI is InChI=1S/C20H17F4N5O2.3C20H18F3N5O2.C19H17ClFN5O/c1-10-8-13-15(26-11(2)27-18(13)14-6-7-25-28-14)9-29(10)19(30)12-4-3-5-16(17(12)21)31-20(22,23)24;3*1-11-8-15-17(25-12(2)26-18(15)16-6-7-24-27-16)10-28(11)19(29)13-4-3-5-14(9-13)30-20(21,22)23;1-10-8-13-16(23-11(2)24-18(13)15-6-7-22-25-15)9-26(10)19(27)12-4-3-5-14(21)17(12)20/h3-7,10H,8-9H2,1-2H3,(H,25,28);3*3-7,9,11H,8,10H2,1-2H3,(H,24,27);3-7,10H,8-9H2,1-2H3,(H,22,25)/t10-;11-;;;/m10.../s1. The number of carbonyl (C=O) groups is 5. The van der Waals surface area contributed by atoms with Crippen molar-refractivity contribution >= 4 is 41.1 Å². The topological polar surface area (TPSA) is 411 Å². The number of halogens is 15. The molecule has 0 bridgehead atoms. The van der Waals surface area contributed by atoms with Gasteiger partial charge >= 0.3 is 25.4 Å². The normalized spacial score (nSPS) is 16.3. The number of H-pyrrole nitrogens is 5. The second-order valence-corrected chi connectivity index (χ2v) is 35.4. The summed E-state index contributed by atoms with van der Waals surface area (Å²) in [4.78, 5) is 118. The summed E-state index contributed by atoms with van der Waals surface area (Å²) in [5, 5.41) is 34.2. The molecule has 15 aromatic rings. The average molecular weight is 2070 g/mol. The summed E-state index contributed by atoms with van der Waals surface area (Å²) >= 11 is 6.01. The molecule has 3 unspecified atom stereocenters. The lowest BCUT2D eigenvalue weighted by molar-refractivity contribution is -0.276. The zero-order chi connectivity index (χ0) is 106. The predicted molar refractivity (Wildman–Crippen MR) is 501 cm³/mol. The molecule has 5 N–H and O–H groups in total. The monoisotopic (exact) mass is 2070 g/mol. The molecule has 148 heavy (non-hydrogen) atoms. The zero-order valence-corrected chi connectivity index (χ0v) is 80.7. The first-order valence-electron chi connectivity index (χ1n) is 45.6. The molecular formula is C99H88ClF14N25O9. The van der Waals surface area contributed by atoms with E-state index in [0.29, 0.717) is 102 Å². The molecule has 0 spiro atoms. The molecule has 0 fully saturated rings. The van der Waals surface area contributed by atoms with Crippen LogP contribution >= 0.6 is 11.6 Å². The summed E-state index contributed by atoms with van der Waals surface area (Å²) in [6, 6.07) is 30.6. The number of carbonyl (C=O) groups excluding carboxylic acids is 5. The van der Waals surface area contributed by atoms with Gasteiger partial charge in [0, 0.05) is 106 Å². The van der Waals surface area contributed by atoms with Crippen LogP contribution in [0.5, 0.6) is 23.0 Å². The van der Waals surface area contributed by atoms with E-state index in [1.165, 1.54) is 59.5 Å². The second kappa shape index (κ2) is 43.0. The highest BCUT2D eigenvalue weighted by Gasteiger charge is 2.42. The third-order valence-electron chi connectivity index (χ3n) is 24.4. The van der Waals surface area contributed by atoms with Crippen LogP contribution in [-0.2, 0) is 64.8 Å². The highest BCUT2D eigenvalue weighted by Crippen LogP contribution is 2.41. The SMILES string of the molecule is Cc1nc2c(c(-c3ccn[nH]3)n1)CC(C)N(C(=O)c1cccc(F)c1Cl)C2.Cc1nc2c(c(-c3ccn[nH]3)n1)CC(C)N(C(=O)c1cccc(OC(F)(F)F)c1)C2.Cc1nc2c(c(-c3ccn[nH]3)n1)CC(C)N(C(=O)c1cccc(OC(F)(F)F)c1)C2.Cc1nc2c(c(-c3ccn[nH]3)n1)C[C@@H](C)N(C(=O)c1cccc(OC(F)(F)F)c1F)C2.Cc1nc2c(c(-c3ccn[nH]3)n1)C[C@H](C)N(C(=O)c1cccc(OC(F)(F)F)c1)C2. The smallest absolute Gasteiger partial charge is 0.406 e. The van der Waals surface area contributed by atoms with E-state index < -0.39 is 71.6 Å². The lowest BCUT2D eigenvalue weighted by Crippen LogP contribution is -2.43. The molecule has 0 saturated carbocycles. The molecular weight excluding hydrogens is 1980 g/mol. The van der Waals surface area contributed by atoms with Crippen molar-refractivity contribution in [1.29, 1.82) is 0 Å². The first-order valence-corrected chi connectivity index (χ1v) is 46.0. The highest BCUT2D eigenvalue weighted by atomic mass is 35.5. The summed E-state index contributed by atoms with van der Waals surface area (Å²) < 4.78 is 194. The fourth-order valence-electron chi connectivity index (χ4n) is 17.9. The van der Waals surface area contributed by atoms with E-state index in [4.69, 9.17) is 11.6 Å². The van der Waals surface area contributed by atoms with Crippen LogP contribution in [0.15, 0.2) is 171 Å². The number of alkyl halides is 12. The Balaban J connectivity index is 0.000000132. The first kappa shape index (κ1) is 104. The van der Waals surface area contributed by atoms with Gasteiger partial charge in [-0.2, -0.15) is 25.5 Å². The van der Waals surface area contributed by atoms with Gasteiger partial charge in [-0.3, -0.25) is 49.5 Å². The number of aryl methyl sites for hydroxylation is 5. The van der Waals surface area contributed by atoms with Crippen LogP contribution in [0, 0.1) is 46.3 Å². The zero-order valence-electron chi connectivity index (χ0n) is 79.9. The molecule has 5 aliphatic heterocycles. The number of hydrogen-bond donors (Lipinski definition) is 5. The molecule has 0 radical (unpaired) electrons. The van der Waals surface area contributed by atoms with Crippen LogP contribution in [0.1, 0.15) is 172 Å². The lowest BCUT2D eigenvalue weighted by Gasteiger charge is -2.35. The Morgan fingerprint density at radius 2 is 0.547 bits per heavy atom. The Morgan fingerprint density at radius 3 is 0.797 bits per heavy atom. The number of hydrogen-bond acceptors (Lipinski definition) is 24. The van der Waals surface area contributed by atoms with E-state index in [2.05, 4.69) is 120 Å². The summed E-state index contributed by atoms with van der Waals surface area (Å²) in [5.41, 5.74) is 15.6. The van der Waals surface area contributed by atoms with Crippen LogP contribution < -0.4 is 18.9 Å². The van der Waals surface area contributed by atoms with E-state index in [-0.39, 0.29) is 107 Å². The van der Waals surface area contributed by atoms with Crippen molar-refractivity contribution in [2.45, 2.75) is 190 Å². The first-order chi connectivity index (χ1) is 70.2. The van der Waals surface area contributed by atoms with E-state index in [9.17, 15) is 85.4 Å². The fourth-order valence-corrected chi connectivity index (χ4v) is 18.1. The molecule has 5 aliphatic rings. The minimum atomic E-state index is -5.07. The van der Waals surface area contributed by atoms with Crippen molar-refractivity contribution in [3.63, 3.8) is 0 Å². The van der Waals surface area contributed by atoms with E-state index in [1.807, 2.05) is 58.9 Å². The van der Waals surface area contributed by atoms with Crippen LogP contribution in [0.3, 0.4) is 0 Å². The average Bonchev–Trinajstić information content (AvgIpc) is 1.19. The maximum Gasteiger partial charge on any atom is 0.573 e. The van der Waals surface area contributed by atoms with Crippen LogP contribution in [-0.4, -0.2) is 211 Å². The fraction of sp³-hybridized carbons (Fsp3) is 0.293. The lowest BCUT2D eigenvalue weighted by atomic mass is 9.95. The molecule has 10 aromatic heterocycles. The minimum absolute atomic E-state index is 0.0592. The van der Waals surface area contributed by atoms with E-state index in [1.54, 1.807) is 91.3 Å². The van der Waals surface area contributed by atoms with E-state index in [0.717, 1.165) is 134 Å². The number of nitrogens with zero attached hydrogens (tertiary/aromatic N) is 20. The molecule has 0 aliphatic carbocycles. The molecule has 49 heteroatoms. The van der Waals surface area contributed by atoms with Gasteiger partial charge in [0.1, 0.15) is 52.2 Å². The van der Waals surface area contributed by atoms with Gasteiger partial charge in [0.15, 0.2) is 11.6 Å². The molecule has 5 atom stereocenters. The number of ether oxygens (including phenoxy) is 4. The summed E-state index contributed by atoms with van der Waals surface area (Å²) in [5.74, 6) is -3.77. The molecule has 15 heterocycles. The van der Waals surface area contributed by atoms with Crippen molar-refractivity contribution in [3.05, 3.63) is 300 Å². The number of nitrogens with one attached hydrogen (secondary N) is 5. The van der Waals surface area contributed by atoms with Gasteiger partial charge in [-0.15, -0.1) is 52.7 Å². The largest absolute Gasteiger partial charge is 0.573 e. The molecule has 34 nitrogen and oxygen atoms in total. The van der Waals surface area contributed by atoms with Crippen molar-refractivity contribution in [1.82, 2.24) is 125 Å². The summed E-state index contributed by atoms with van der Waals surface area (Å²) in [7, 11) is 0. The molecule has 20 rings (SSSR count). The predicted octanol–water partition coefficient (Wildman–Crippen LogP) is 18.3. The number of benzene rings is 5. The third-order valence-corrected chi connectivity index (χ3v) is 24.8. The van der Waals surface area contributed by atoms with Gasteiger partial charge < -0.3 is 43.4 Å². The number of amides is 5. The molecule has 768 valence electrons. The van der Waals surface area contributed by atoms with Crippen LogP contribution in [0.4, 0.5) is 61.5 Å². The van der Waals surface area contributed by atoms with Gasteiger partial charge in [0.05, 0.1) is 134 Å².